The Labute approximate surface area is 187 Å². The Balaban J connectivity index is 1.66. The Morgan fingerprint density at radius 1 is 0.875 bits per heavy atom. The molecule has 0 radical (unpaired) electrons. The molecule has 3 aromatic carbocycles. The van der Waals surface area contributed by atoms with Crippen LogP contribution in [0.2, 0.25) is 0 Å². The van der Waals surface area contributed by atoms with Crippen LogP contribution in [-0.4, -0.2) is 28.8 Å². The van der Waals surface area contributed by atoms with E-state index in [1.54, 1.807) is 12.1 Å². The molecule has 5 heteroatoms. The van der Waals surface area contributed by atoms with Crippen molar-refractivity contribution in [3.8, 4) is 16.9 Å². The number of fused-ring (bicyclic) bond motifs is 1. The van der Waals surface area contributed by atoms with Gasteiger partial charge in [-0.1, -0.05) is 43.5 Å². The van der Waals surface area contributed by atoms with Crippen LogP contribution in [0, 0.1) is 5.92 Å². The summed E-state index contributed by atoms with van der Waals surface area (Å²) in [5.41, 5.74) is 3.12. The van der Waals surface area contributed by atoms with E-state index >= 15 is 0 Å². The first-order chi connectivity index (χ1) is 15.5. The molecule has 0 aromatic heterocycles. The molecule has 0 atom stereocenters. The van der Waals surface area contributed by atoms with E-state index in [0.29, 0.717) is 18.9 Å². The molecule has 1 aliphatic rings. The van der Waals surface area contributed by atoms with Crippen molar-refractivity contribution in [3.05, 3.63) is 65.7 Å². The Kier molecular flexibility index (Phi) is 6.74. The number of carboxylic acids is 2. The molecule has 0 saturated heterocycles. The van der Waals surface area contributed by atoms with Gasteiger partial charge in [-0.05, 0) is 77.4 Å². The maximum atomic E-state index is 11.3. The van der Waals surface area contributed by atoms with Crippen LogP contribution in [0.1, 0.15) is 54.4 Å². The molecule has 0 amide bonds. The van der Waals surface area contributed by atoms with E-state index in [2.05, 4.69) is 0 Å². The third-order valence-corrected chi connectivity index (χ3v) is 6.27. The first-order valence-corrected chi connectivity index (χ1v) is 11.2. The fourth-order valence-corrected chi connectivity index (χ4v) is 4.44. The van der Waals surface area contributed by atoms with Crippen LogP contribution >= 0.6 is 0 Å². The largest absolute Gasteiger partial charge is 0.493 e. The normalized spacial score (nSPS) is 14.4. The van der Waals surface area contributed by atoms with Gasteiger partial charge < -0.3 is 14.9 Å². The molecular weight excluding hydrogens is 404 g/mol. The van der Waals surface area contributed by atoms with Gasteiger partial charge in [0, 0.05) is 12.0 Å². The Bertz CT molecular complexity index is 1130. The fraction of sp³-hybridized carbons (Fsp3) is 0.333. The lowest BCUT2D eigenvalue weighted by atomic mass is 9.90. The van der Waals surface area contributed by atoms with Gasteiger partial charge in [0.2, 0.25) is 0 Å². The molecule has 0 spiro atoms. The van der Waals surface area contributed by atoms with Gasteiger partial charge in [-0.15, -0.1) is 0 Å². The predicted octanol–water partition coefficient (Wildman–Crippen LogP) is 6.18. The van der Waals surface area contributed by atoms with E-state index in [1.807, 2.05) is 42.5 Å². The minimum Gasteiger partial charge on any atom is -0.493 e. The molecule has 0 heterocycles. The lowest BCUT2D eigenvalue weighted by Crippen LogP contribution is -2.15. The molecule has 1 fully saturated rings. The third kappa shape index (κ3) is 5.28. The molecule has 32 heavy (non-hydrogen) atoms. The smallest absolute Gasteiger partial charge is 0.335 e. The average Bonchev–Trinajstić information content (AvgIpc) is 2.81. The van der Waals surface area contributed by atoms with Gasteiger partial charge in [0.15, 0.2) is 0 Å². The second kappa shape index (κ2) is 9.86. The molecule has 1 aliphatic carbocycles. The van der Waals surface area contributed by atoms with Gasteiger partial charge >= 0.3 is 11.9 Å². The van der Waals surface area contributed by atoms with Crippen LogP contribution in [0.25, 0.3) is 21.9 Å². The van der Waals surface area contributed by atoms with Gasteiger partial charge in [0.1, 0.15) is 5.75 Å². The van der Waals surface area contributed by atoms with Gasteiger partial charge in [-0.2, -0.15) is 0 Å². The minimum absolute atomic E-state index is 0.0808. The van der Waals surface area contributed by atoms with Crippen LogP contribution in [0.4, 0.5) is 0 Å². The summed E-state index contributed by atoms with van der Waals surface area (Å²) in [7, 11) is 0. The zero-order valence-electron chi connectivity index (χ0n) is 18.0. The number of benzene rings is 3. The topological polar surface area (TPSA) is 83.8 Å². The van der Waals surface area contributed by atoms with E-state index in [4.69, 9.17) is 9.84 Å². The maximum Gasteiger partial charge on any atom is 0.335 e. The lowest BCUT2D eigenvalue weighted by Gasteiger charge is -2.23. The maximum absolute atomic E-state index is 11.3. The monoisotopic (exact) mass is 432 g/mol. The summed E-state index contributed by atoms with van der Waals surface area (Å²) in [5, 5.41) is 20.1. The molecular formula is C27H28O5. The Morgan fingerprint density at radius 3 is 2.38 bits per heavy atom. The van der Waals surface area contributed by atoms with Crippen LogP contribution in [-0.2, 0) is 11.2 Å². The SMILES string of the molecule is O=C(O)CCc1ccc(OCC2CCCCC2)c(-c2ccc3cc(C(=O)O)ccc3c2)c1. The van der Waals surface area contributed by atoms with Crippen LogP contribution < -0.4 is 4.74 Å². The van der Waals surface area contributed by atoms with Crippen molar-refractivity contribution in [1.29, 1.82) is 0 Å². The second-order valence-electron chi connectivity index (χ2n) is 8.62. The quantitative estimate of drug-likeness (QED) is 0.444. The zero-order valence-corrected chi connectivity index (χ0v) is 18.0. The number of carbonyl (C=O) groups is 2. The summed E-state index contributed by atoms with van der Waals surface area (Å²) < 4.78 is 6.28. The summed E-state index contributed by atoms with van der Waals surface area (Å²) in [6.45, 7) is 0.691. The lowest BCUT2D eigenvalue weighted by molar-refractivity contribution is -0.136. The molecule has 3 aromatic rings. The van der Waals surface area contributed by atoms with E-state index in [1.165, 1.54) is 32.1 Å². The molecule has 5 nitrogen and oxygen atoms in total. The van der Waals surface area contributed by atoms with Crippen molar-refractivity contribution in [1.82, 2.24) is 0 Å². The van der Waals surface area contributed by atoms with Gasteiger partial charge in [-0.25, -0.2) is 4.79 Å². The van der Waals surface area contributed by atoms with E-state index in [9.17, 15) is 14.7 Å². The first kappa shape index (κ1) is 21.9. The van der Waals surface area contributed by atoms with Gasteiger partial charge in [-0.3, -0.25) is 4.79 Å². The molecule has 1 saturated carbocycles. The third-order valence-electron chi connectivity index (χ3n) is 6.27. The summed E-state index contributed by atoms with van der Waals surface area (Å²) in [6, 6.07) is 16.9. The van der Waals surface area contributed by atoms with Crippen molar-refractivity contribution in [2.75, 3.05) is 6.61 Å². The fourth-order valence-electron chi connectivity index (χ4n) is 4.44. The highest BCUT2D eigenvalue weighted by Gasteiger charge is 2.16. The van der Waals surface area contributed by atoms with E-state index in [-0.39, 0.29) is 12.0 Å². The highest BCUT2D eigenvalue weighted by Crippen LogP contribution is 2.35. The van der Waals surface area contributed by atoms with Crippen molar-refractivity contribution < 1.29 is 24.5 Å². The van der Waals surface area contributed by atoms with E-state index in [0.717, 1.165) is 33.2 Å². The van der Waals surface area contributed by atoms with Crippen LogP contribution in [0.15, 0.2) is 54.6 Å². The number of carboxylic acid groups (broad SMARTS) is 2. The molecule has 0 unspecified atom stereocenters. The predicted molar refractivity (Wildman–Crippen MR) is 124 cm³/mol. The number of hydrogen-bond acceptors (Lipinski definition) is 3. The standard InChI is InChI=1S/C27H28O5/c28-26(29)13-7-18-6-12-25(32-17-19-4-2-1-3-5-19)24(14-18)22-10-8-21-16-23(27(30)31)11-9-20(21)15-22/h6,8-12,14-16,19H,1-5,7,13,17H2,(H,28,29)(H,30,31). The van der Waals surface area contributed by atoms with Gasteiger partial charge in [0.25, 0.3) is 0 Å². The number of hydrogen-bond donors (Lipinski definition) is 2. The number of aryl methyl sites for hydroxylation is 1. The zero-order chi connectivity index (χ0) is 22.5. The number of aromatic carboxylic acids is 1. The molecule has 0 aliphatic heterocycles. The minimum atomic E-state index is -0.944. The number of aliphatic carboxylic acids is 1. The number of ether oxygens (including phenoxy) is 1. The first-order valence-electron chi connectivity index (χ1n) is 11.2. The highest BCUT2D eigenvalue weighted by molar-refractivity contribution is 5.96. The Morgan fingerprint density at radius 2 is 1.62 bits per heavy atom. The number of rotatable bonds is 8. The van der Waals surface area contributed by atoms with Crippen molar-refractivity contribution in [2.45, 2.75) is 44.9 Å². The second-order valence-corrected chi connectivity index (χ2v) is 8.62. The van der Waals surface area contributed by atoms with Crippen LogP contribution in [0.5, 0.6) is 5.75 Å². The molecule has 0 bridgehead atoms. The Hall–Kier alpha value is -3.34. The van der Waals surface area contributed by atoms with E-state index < -0.39 is 11.9 Å². The summed E-state index contributed by atoms with van der Waals surface area (Å²) in [5.74, 6) is -0.380. The van der Waals surface area contributed by atoms with Crippen LogP contribution in [0.3, 0.4) is 0 Å². The molecule has 2 N–H and O–H groups in total. The van der Waals surface area contributed by atoms with Crippen molar-refractivity contribution in [2.24, 2.45) is 5.92 Å². The molecule has 166 valence electrons. The molecule has 4 rings (SSSR count). The summed E-state index contributed by atoms with van der Waals surface area (Å²) in [6.07, 6.45) is 6.77. The van der Waals surface area contributed by atoms with Gasteiger partial charge in [0.05, 0.1) is 12.2 Å². The average molecular weight is 433 g/mol. The summed E-state index contributed by atoms with van der Waals surface area (Å²) >= 11 is 0. The summed E-state index contributed by atoms with van der Waals surface area (Å²) in [4.78, 5) is 22.3. The van der Waals surface area contributed by atoms with Crippen molar-refractivity contribution in [3.63, 3.8) is 0 Å². The van der Waals surface area contributed by atoms with Crippen molar-refractivity contribution >= 4 is 22.7 Å². The highest BCUT2D eigenvalue weighted by atomic mass is 16.5.